The lowest BCUT2D eigenvalue weighted by atomic mass is 10.1. The van der Waals surface area contributed by atoms with Gasteiger partial charge in [0, 0.05) is 33.1 Å². The molecule has 1 amide bonds. The van der Waals surface area contributed by atoms with Gasteiger partial charge in [-0.2, -0.15) is 0 Å². The monoisotopic (exact) mass is 316 g/mol. The Kier molecular flexibility index (Phi) is 3.90. The van der Waals surface area contributed by atoms with Gasteiger partial charge in [-0.1, -0.05) is 11.6 Å². The molecular weight excluding hydrogens is 304 g/mol. The molecule has 3 nitrogen and oxygen atoms in total. The summed E-state index contributed by atoms with van der Waals surface area (Å²) >= 11 is 7.69. The molecule has 3 rings (SSSR count). The minimum atomic E-state index is -0.125. The van der Waals surface area contributed by atoms with E-state index in [1.807, 2.05) is 36.6 Å². The van der Waals surface area contributed by atoms with Crippen molar-refractivity contribution in [2.45, 2.75) is 4.90 Å². The van der Waals surface area contributed by atoms with Gasteiger partial charge in [0.25, 0.3) is 5.91 Å². The summed E-state index contributed by atoms with van der Waals surface area (Å²) < 4.78 is 0. The molecule has 0 spiro atoms. The van der Waals surface area contributed by atoms with Gasteiger partial charge in [0.05, 0.1) is 5.57 Å². The van der Waals surface area contributed by atoms with E-state index in [-0.39, 0.29) is 5.91 Å². The lowest BCUT2D eigenvalue weighted by molar-refractivity contribution is -0.110. The van der Waals surface area contributed by atoms with Crippen LogP contribution >= 0.6 is 23.4 Å². The molecule has 0 saturated heterocycles. The molecule has 1 aliphatic rings. The van der Waals surface area contributed by atoms with Crippen LogP contribution in [0.5, 0.6) is 0 Å². The highest BCUT2D eigenvalue weighted by Crippen LogP contribution is 2.33. The molecule has 21 heavy (non-hydrogen) atoms. The van der Waals surface area contributed by atoms with E-state index < -0.39 is 0 Å². The topological polar surface area (TPSA) is 41.1 Å². The highest BCUT2D eigenvalue weighted by atomic mass is 35.5. The predicted molar refractivity (Wildman–Crippen MR) is 89.9 cm³/mol. The average molecular weight is 317 g/mol. The third kappa shape index (κ3) is 2.91. The minimum absolute atomic E-state index is 0.125. The van der Waals surface area contributed by atoms with Crippen LogP contribution in [-0.4, -0.2) is 12.2 Å². The van der Waals surface area contributed by atoms with E-state index in [4.69, 9.17) is 11.6 Å². The predicted octanol–water partition coefficient (Wildman–Crippen LogP) is 4.47. The lowest BCUT2D eigenvalue weighted by Gasteiger charge is -2.04. The van der Waals surface area contributed by atoms with E-state index >= 15 is 0 Å². The molecule has 2 aromatic rings. The standard InChI is InChI=1S/C16H13ClN2OS/c1-21-12-5-3-11(4-6-12)18-9-14-13-8-10(17)2-7-15(13)19-16(14)20/h2-9,18H,1H3,(H,19,20)/b14-9+. The van der Waals surface area contributed by atoms with Gasteiger partial charge in [0.2, 0.25) is 0 Å². The van der Waals surface area contributed by atoms with Crippen molar-refractivity contribution in [1.82, 2.24) is 0 Å². The summed E-state index contributed by atoms with van der Waals surface area (Å²) in [6.45, 7) is 0. The second-order valence-corrected chi connectivity index (χ2v) is 5.89. The lowest BCUT2D eigenvalue weighted by Crippen LogP contribution is -2.05. The van der Waals surface area contributed by atoms with Crippen molar-refractivity contribution in [2.24, 2.45) is 0 Å². The summed E-state index contributed by atoms with van der Waals surface area (Å²) in [6.07, 6.45) is 3.75. The number of hydrogen-bond donors (Lipinski definition) is 2. The number of nitrogens with one attached hydrogen (secondary N) is 2. The number of anilines is 2. The summed E-state index contributed by atoms with van der Waals surface area (Å²) in [6, 6.07) is 13.4. The van der Waals surface area contributed by atoms with Crippen LogP contribution in [0.25, 0.3) is 5.57 Å². The van der Waals surface area contributed by atoms with E-state index in [0.29, 0.717) is 10.6 Å². The summed E-state index contributed by atoms with van der Waals surface area (Å²) in [5.41, 5.74) is 3.13. The first-order valence-electron chi connectivity index (χ1n) is 6.39. The second kappa shape index (κ2) is 5.84. The smallest absolute Gasteiger partial charge is 0.257 e. The number of fused-ring (bicyclic) bond motifs is 1. The van der Waals surface area contributed by atoms with Crippen molar-refractivity contribution in [3.05, 3.63) is 59.3 Å². The Morgan fingerprint density at radius 2 is 1.95 bits per heavy atom. The Morgan fingerprint density at radius 1 is 1.19 bits per heavy atom. The van der Waals surface area contributed by atoms with Gasteiger partial charge >= 0.3 is 0 Å². The van der Waals surface area contributed by atoms with Crippen molar-refractivity contribution in [2.75, 3.05) is 16.9 Å². The number of halogens is 1. The summed E-state index contributed by atoms with van der Waals surface area (Å²) in [5, 5.41) is 6.59. The molecule has 0 atom stereocenters. The normalized spacial score (nSPS) is 15.0. The van der Waals surface area contributed by atoms with Gasteiger partial charge in [-0.3, -0.25) is 4.79 Å². The fourth-order valence-electron chi connectivity index (χ4n) is 2.15. The minimum Gasteiger partial charge on any atom is -0.361 e. The maximum absolute atomic E-state index is 12.0. The molecule has 0 bridgehead atoms. The maximum Gasteiger partial charge on any atom is 0.257 e. The Bertz CT molecular complexity index is 726. The average Bonchev–Trinajstić information content (AvgIpc) is 2.80. The number of amides is 1. The van der Waals surface area contributed by atoms with Crippen molar-refractivity contribution < 1.29 is 4.79 Å². The molecule has 0 fully saturated rings. The molecule has 0 aliphatic carbocycles. The Hall–Kier alpha value is -1.91. The molecule has 0 radical (unpaired) electrons. The number of thioether (sulfide) groups is 1. The van der Waals surface area contributed by atoms with Crippen molar-refractivity contribution >= 4 is 46.2 Å². The number of rotatable bonds is 3. The van der Waals surface area contributed by atoms with Gasteiger partial charge in [-0.25, -0.2) is 0 Å². The highest BCUT2D eigenvalue weighted by Gasteiger charge is 2.24. The van der Waals surface area contributed by atoms with Crippen molar-refractivity contribution in [3.63, 3.8) is 0 Å². The largest absolute Gasteiger partial charge is 0.361 e. The first kappa shape index (κ1) is 14.0. The van der Waals surface area contributed by atoms with Crippen LogP contribution in [0.3, 0.4) is 0 Å². The van der Waals surface area contributed by atoms with E-state index in [0.717, 1.165) is 16.9 Å². The van der Waals surface area contributed by atoms with Crippen LogP contribution in [0, 0.1) is 0 Å². The first-order valence-corrected chi connectivity index (χ1v) is 7.99. The molecule has 106 valence electrons. The van der Waals surface area contributed by atoms with Gasteiger partial charge in [0.15, 0.2) is 0 Å². The van der Waals surface area contributed by atoms with Crippen molar-refractivity contribution in [1.29, 1.82) is 0 Å². The summed E-state index contributed by atoms with van der Waals surface area (Å²) in [7, 11) is 0. The van der Waals surface area contributed by atoms with Crippen LogP contribution in [0.2, 0.25) is 5.02 Å². The SMILES string of the molecule is CSc1ccc(N/C=C2/C(=O)Nc3ccc(Cl)cc32)cc1. The molecule has 0 unspecified atom stereocenters. The molecule has 1 heterocycles. The van der Waals surface area contributed by atoms with Crippen LogP contribution in [0.15, 0.2) is 53.6 Å². The van der Waals surface area contributed by atoms with Crippen LogP contribution in [0.4, 0.5) is 11.4 Å². The van der Waals surface area contributed by atoms with Crippen molar-refractivity contribution in [3.8, 4) is 0 Å². The van der Waals surface area contributed by atoms with Crippen LogP contribution < -0.4 is 10.6 Å². The molecule has 0 aromatic heterocycles. The molecule has 2 N–H and O–H groups in total. The quantitative estimate of drug-likeness (QED) is 0.648. The molecule has 1 aliphatic heterocycles. The summed E-state index contributed by atoms with van der Waals surface area (Å²) in [5.74, 6) is -0.125. The highest BCUT2D eigenvalue weighted by molar-refractivity contribution is 7.98. The zero-order valence-electron chi connectivity index (χ0n) is 11.3. The molecule has 0 saturated carbocycles. The molecule has 2 aromatic carbocycles. The summed E-state index contributed by atoms with van der Waals surface area (Å²) in [4.78, 5) is 13.2. The molecular formula is C16H13ClN2OS. The van der Waals surface area contributed by atoms with Gasteiger partial charge in [0.1, 0.15) is 0 Å². The number of carbonyl (C=O) groups excluding carboxylic acids is 1. The Morgan fingerprint density at radius 3 is 2.67 bits per heavy atom. The second-order valence-electron chi connectivity index (χ2n) is 4.57. The fraction of sp³-hybridized carbons (Fsp3) is 0.0625. The number of hydrogen-bond acceptors (Lipinski definition) is 3. The number of carbonyl (C=O) groups is 1. The fourth-order valence-corrected chi connectivity index (χ4v) is 2.73. The Labute approximate surface area is 132 Å². The third-order valence-corrected chi connectivity index (χ3v) is 4.22. The van der Waals surface area contributed by atoms with E-state index in [2.05, 4.69) is 10.6 Å². The van der Waals surface area contributed by atoms with E-state index in [1.165, 1.54) is 4.90 Å². The zero-order valence-corrected chi connectivity index (χ0v) is 12.9. The van der Waals surface area contributed by atoms with Gasteiger partial charge in [-0.05, 0) is 48.7 Å². The number of benzene rings is 2. The van der Waals surface area contributed by atoms with Gasteiger partial charge < -0.3 is 10.6 Å². The zero-order chi connectivity index (χ0) is 14.8. The maximum atomic E-state index is 12.0. The molecule has 5 heteroatoms. The van der Waals surface area contributed by atoms with Crippen LogP contribution in [-0.2, 0) is 4.79 Å². The Balaban J connectivity index is 1.86. The third-order valence-electron chi connectivity index (χ3n) is 3.24. The van der Waals surface area contributed by atoms with Gasteiger partial charge in [-0.15, -0.1) is 11.8 Å². The van der Waals surface area contributed by atoms with E-state index in [9.17, 15) is 4.79 Å². The van der Waals surface area contributed by atoms with E-state index in [1.54, 1.807) is 30.1 Å². The van der Waals surface area contributed by atoms with Crippen LogP contribution in [0.1, 0.15) is 5.56 Å². The first-order chi connectivity index (χ1) is 10.2.